The van der Waals surface area contributed by atoms with Gasteiger partial charge in [-0.25, -0.2) is 0 Å². The zero-order valence-electron chi connectivity index (χ0n) is 15.4. The minimum absolute atomic E-state index is 0.0898. The normalized spacial score (nSPS) is 15.6. The Morgan fingerprint density at radius 1 is 0.962 bits per heavy atom. The summed E-state index contributed by atoms with van der Waals surface area (Å²) in [5.41, 5.74) is 2.34. The Balaban J connectivity index is 1.40. The van der Waals surface area contributed by atoms with Crippen molar-refractivity contribution in [3.63, 3.8) is 0 Å². The molecule has 2 aromatic carbocycles. The van der Waals surface area contributed by atoms with Gasteiger partial charge in [0.15, 0.2) is 0 Å². The molecule has 0 aliphatic carbocycles. The summed E-state index contributed by atoms with van der Waals surface area (Å²) in [6.07, 6.45) is 0. The quantitative estimate of drug-likeness (QED) is 0.828. The maximum Gasteiger partial charge on any atom is 0.234 e. The van der Waals surface area contributed by atoms with Crippen molar-refractivity contribution in [1.29, 1.82) is 0 Å². The Kier molecular flexibility index (Phi) is 6.63. The van der Waals surface area contributed by atoms with E-state index in [2.05, 4.69) is 21.2 Å². The van der Waals surface area contributed by atoms with E-state index in [0.717, 1.165) is 44.0 Å². The van der Waals surface area contributed by atoms with E-state index in [-0.39, 0.29) is 5.91 Å². The van der Waals surface area contributed by atoms with Crippen LogP contribution in [-0.4, -0.2) is 55.5 Å². The lowest BCUT2D eigenvalue weighted by Gasteiger charge is -2.34. The molecule has 5 heteroatoms. The van der Waals surface area contributed by atoms with Gasteiger partial charge >= 0.3 is 0 Å². The summed E-state index contributed by atoms with van der Waals surface area (Å²) in [6, 6.07) is 18.2. The van der Waals surface area contributed by atoms with Crippen molar-refractivity contribution >= 4 is 5.91 Å². The highest BCUT2D eigenvalue weighted by atomic mass is 16.5. The molecule has 3 rings (SSSR count). The molecule has 1 heterocycles. The number of carbonyl (C=O) groups is 1. The maximum atomic E-state index is 12.2. The molecule has 0 aromatic heterocycles. The van der Waals surface area contributed by atoms with Gasteiger partial charge in [-0.15, -0.1) is 0 Å². The molecule has 1 fully saturated rings. The van der Waals surface area contributed by atoms with Crippen LogP contribution in [0.3, 0.4) is 0 Å². The van der Waals surface area contributed by atoms with E-state index < -0.39 is 0 Å². The van der Waals surface area contributed by atoms with E-state index in [0.29, 0.717) is 13.1 Å². The SMILES string of the molecule is COc1ccccc1CN1CCN(CC(=O)NCc2ccccc2)CC1. The number of piperazine rings is 1. The van der Waals surface area contributed by atoms with E-state index in [4.69, 9.17) is 4.74 Å². The number of benzene rings is 2. The molecular formula is C21H27N3O2. The molecule has 5 nitrogen and oxygen atoms in total. The molecule has 0 unspecified atom stereocenters. The van der Waals surface area contributed by atoms with Gasteiger partial charge in [0.25, 0.3) is 0 Å². The zero-order chi connectivity index (χ0) is 18.2. The number of methoxy groups -OCH3 is 1. The summed E-state index contributed by atoms with van der Waals surface area (Å²) in [7, 11) is 1.71. The van der Waals surface area contributed by atoms with Crippen molar-refractivity contribution in [2.24, 2.45) is 0 Å². The molecule has 138 valence electrons. The first-order valence-corrected chi connectivity index (χ1v) is 9.12. The summed E-state index contributed by atoms with van der Waals surface area (Å²) in [6.45, 7) is 5.69. The van der Waals surface area contributed by atoms with Gasteiger partial charge in [-0.2, -0.15) is 0 Å². The van der Waals surface area contributed by atoms with Gasteiger partial charge in [0.2, 0.25) is 5.91 Å². The second kappa shape index (κ2) is 9.36. The van der Waals surface area contributed by atoms with Crippen LogP contribution in [-0.2, 0) is 17.9 Å². The number of hydrogen-bond donors (Lipinski definition) is 1. The largest absolute Gasteiger partial charge is 0.496 e. The van der Waals surface area contributed by atoms with Crippen molar-refractivity contribution in [2.75, 3.05) is 39.8 Å². The van der Waals surface area contributed by atoms with E-state index in [1.165, 1.54) is 5.56 Å². The van der Waals surface area contributed by atoms with Gasteiger partial charge in [-0.3, -0.25) is 14.6 Å². The van der Waals surface area contributed by atoms with Crippen LogP contribution in [0.5, 0.6) is 5.75 Å². The number of ether oxygens (including phenoxy) is 1. The number of rotatable bonds is 7. The highest BCUT2D eigenvalue weighted by molar-refractivity contribution is 5.78. The molecular weight excluding hydrogens is 326 g/mol. The van der Waals surface area contributed by atoms with Crippen molar-refractivity contribution in [3.8, 4) is 5.75 Å². The fourth-order valence-corrected chi connectivity index (χ4v) is 3.24. The van der Waals surface area contributed by atoms with Crippen LogP contribution in [0.15, 0.2) is 54.6 Å². The predicted octanol–water partition coefficient (Wildman–Crippen LogP) is 2.13. The van der Waals surface area contributed by atoms with Gasteiger partial charge in [-0.1, -0.05) is 48.5 Å². The van der Waals surface area contributed by atoms with Crippen molar-refractivity contribution in [1.82, 2.24) is 15.1 Å². The molecule has 1 N–H and O–H groups in total. The van der Waals surface area contributed by atoms with Gasteiger partial charge in [-0.05, 0) is 11.6 Å². The number of hydrogen-bond acceptors (Lipinski definition) is 4. The fraction of sp³-hybridized carbons (Fsp3) is 0.381. The summed E-state index contributed by atoms with van der Waals surface area (Å²) < 4.78 is 5.43. The highest BCUT2D eigenvalue weighted by Gasteiger charge is 2.19. The summed E-state index contributed by atoms with van der Waals surface area (Å²) in [4.78, 5) is 16.8. The number of nitrogens with zero attached hydrogens (tertiary/aromatic N) is 2. The van der Waals surface area contributed by atoms with Gasteiger partial charge in [0.05, 0.1) is 13.7 Å². The molecule has 1 aliphatic heterocycles. The molecule has 0 radical (unpaired) electrons. The Labute approximate surface area is 155 Å². The topological polar surface area (TPSA) is 44.8 Å². The van der Waals surface area contributed by atoms with E-state index in [1.807, 2.05) is 48.5 Å². The molecule has 0 bridgehead atoms. The number of carbonyl (C=O) groups excluding carboxylic acids is 1. The first-order valence-electron chi connectivity index (χ1n) is 9.12. The monoisotopic (exact) mass is 353 g/mol. The fourth-order valence-electron chi connectivity index (χ4n) is 3.24. The van der Waals surface area contributed by atoms with Crippen molar-refractivity contribution in [2.45, 2.75) is 13.1 Å². The Hall–Kier alpha value is -2.37. The smallest absolute Gasteiger partial charge is 0.234 e. The van der Waals surface area contributed by atoms with Crippen LogP contribution < -0.4 is 10.1 Å². The minimum atomic E-state index is 0.0898. The lowest BCUT2D eigenvalue weighted by Crippen LogP contribution is -2.49. The number of nitrogens with one attached hydrogen (secondary N) is 1. The Morgan fingerprint density at radius 2 is 1.62 bits per heavy atom. The molecule has 26 heavy (non-hydrogen) atoms. The van der Waals surface area contributed by atoms with Crippen LogP contribution in [0.4, 0.5) is 0 Å². The molecule has 0 atom stereocenters. The predicted molar refractivity (Wildman–Crippen MR) is 103 cm³/mol. The van der Waals surface area contributed by atoms with E-state index in [1.54, 1.807) is 7.11 Å². The van der Waals surface area contributed by atoms with Gasteiger partial charge in [0, 0.05) is 44.8 Å². The van der Waals surface area contributed by atoms with Gasteiger partial charge < -0.3 is 10.1 Å². The summed E-state index contributed by atoms with van der Waals surface area (Å²) in [5.74, 6) is 1.03. The molecule has 1 saturated heterocycles. The second-order valence-electron chi connectivity index (χ2n) is 6.63. The first-order chi connectivity index (χ1) is 12.7. The third kappa shape index (κ3) is 5.31. The average Bonchev–Trinajstić information content (AvgIpc) is 2.69. The zero-order valence-corrected chi connectivity index (χ0v) is 15.4. The van der Waals surface area contributed by atoms with Crippen molar-refractivity contribution in [3.05, 3.63) is 65.7 Å². The average molecular weight is 353 g/mol. The molecule has 0 spiro atoms. The van der Waals surface area contributed by atoms with Crippen LogP contribution in [0.1, 0.15) is 11.1 Å². The highest BCUT2D eigenvalue weighted by Crippen LogP contribution is 2.19. The van der Waals surface area contributed by atoms with Crippen LogP contribution >= 0.6 is 0 Å². The Bertz CT molecular complexity index is 697. The summed E-state index contributed by atoms with van der Waals surface area (Å²) in [5, 5.41) is 3.00. The molecule has 1 aliphatic rings. The Morgan fingerprint density at radius 3 is 2.35 bits per heavy atom. The lowest BCUT2D eigenvalue weighted by atomic mass is 10.1. The number of amides is 1. The van der Waals surface area contributed by atoms with Crippen LogP contribution in [0.2, 0.25) is 0 Å². The molecule has 2 aromatic rings. The first kappa shape index (κ1) is 18.4. The third-order valence-corrected chi connectivity index (χ3v) is 4.75. The third-order valence-electron chi connectivity index (χ3n) is 4.75. The standard InChI is InChI=1S/C21H27N3O2/c1-26-20-10-6-5-9-19(20)16-23-11-13-24(14-12-23)17-21(25)22-15-18-7-3-2-4-8-18/h2-10H,11-17H2,1H3,(H,22,25). The lowest BCUT2D eigenvalue weighted by molar-refractivity contribution is -0.122. The van der Waals surface area contributed by atoms with E-state index in [9.17, 15) is 4.79 Å². The maximum absolute atomic E-state index is 12.2. The van der Waals surface area contributed by atoms with Crippen molar-refractivity contribution < 1.29 is 9.53 Å². The molecule has 0 saturated carbocycles. The summed E-state index contributed by atoms with van der Waals surface area (Å²) >= 11 is 0. The van der Waals surface area contributed by atoms with Crippen LogP contribution in [0.25, 0.3) is 0 Å². The van der Waals surface area contributed by atoms with Crippen LogP contribution in [0, 0.1) is 0 Å². The second-order valence-corrected chi connectivity index (χ2v) is 6.63. The van der Waals surface area contributed by atoms with E-state index >= 15 is 0 Å². The minimum Gasteiger partial charge on any atom is -0.496 e. The molecule has 1 amide bonds. The number of para-hydroxylation sites is 1. The van der Waals surface area contributed by atoms with Gasteiger partial charge in [0.1, 0.15) is 5.75 Å².